The number of ether oxygens (including phenoxy) is 1. The zero-order valence-corrected chi connectivity index (χ0v) is 19.7. The highest BCUT2D eigenvalue weighted by molar-refractivity contribution is 14.1. The summed E-state index contributed by atoms with van der Waals surface area (Å²) in [7, 11) is 0. The number of carbonyl (C=O) groups is 1. The third kappa shape index (κ3) is 5.66. The summed E-state index contributed by atoms with van der Waals surface area (Å²) in [5.41, 5.74) is 2.35. The maximum absolute atomic E-state index is 13.0. The maximum atomic E-state index is 13.0. The van der Waals surface area contributed by atoms with Gasteiger partial charge in [0.2, 0.25) is 0 Å². The average Bonchev–Trinajstić information content (AvgIpc) is 3.09. The van der Waals surface area contributed by atoms with Gasteiger partial charge in [-0.2, -0.15) is 0 Å². The van der Waals surface area contributed by atoms with Crippen LogP contribution in [0, 0.1) is 9.39 Å². The van der Waals surface area contributed by atoms with Crippen LogP contribution in [-0.2, 0) is 11.4 Å². The highest BCUT2D eigenvalue weighted by Crippen LogP contribution is 2.30. The van der Waals surface area contributed by atoms with Gasteiger partial charge in [0.1, 0.15) is 18.2 Å². The number of rotatable bonds is 5. The standard InChI is InChI=1S/C23H15ClFIN2O2S/c24-18-4-2-1-3-15(18)13-30-20-10-5-14(11-19(20)26)12-21-22(29)28-23(31-21)27-17-8-6-16(25)7-9-17/h1-12H,13H2,(H,27,28,29)/b21-12+. The first-order chi connectivity index (χ1) is 15.0. The second-order valence-electron chi connectivity index (χ2n) is 6.53. The summed E-state index contributed by atoms with van der Waals surface area (Å²) in [6.07, 6.45) is 1.80. The molecule has 0 spiro atoms. The number of aliphatic imine (C=N–C) groups is 1. The molecule has 0 radical (unpaired) electrons. The summed E-state index contributed by atoms with van der Waals surface area (Å²) in [6, 6.07) is 19.0. The number of hydrogen-bond donors (Lipinski definition) is 1. The van der Waals surface area contributed by atoms with E-state index in [9.17, 15) is 9.18 Å². The van der Waals surface area contributed by atoms with Crippen molar-refractivity contribution in [3.05, 3.63) is 97.2 Å². The van der Waals surface area contributed by atoms with E-state index in [0.29, 0.717) is 27.4 Å². The van der Waals surface area contributed by atoms with Crippen molar-refractivity contribution in [2.24, 2.45) is 4.99 Å². The summed E-state index contributed by atoms with van der Waals surface area (Å²) >= 11 is 9.62. The Kier molecular flexibility index (Phi) is 6.94. The zero-order valence-electron chi connectivity index (χ0n) is 15.9. The molecule has 3 aromatic rings. The van der Waals surface area contributed by atoms with Crippen LogP contribution in [0.4, 0.5) is 10.1 Å². The Balaban J connectivity index is 1.46. The van der Waals surface area contributed by atoms with E-state index in [0.717, 1.165) is 20.4 Å². The third-order valence-electron chi connectivity index (χ3n) is 4.30. The number of amides is 1. The maximum Gasteiger partial charge on any atom is 0.264 e. The lowest BCUT2D eigenvalue weighted by atomic mass is 10.2. The molecule has 0 bridgehead atoms. The second kappa shape index (κ2) is 9.84. The van der Waals surface area contributed by atoms with Gasteiger partial charge in [-0.3, -0.25) is 4.79 Å². The molecule has 1 aliphatic heterocycles. The van der Waals surface area contributed by atoms with E-state index in [1.807, 2.05) is 42.5 Å². The lowest BCUT2D eigenvalue weighted by Gasteiger charge is -2.10. The van der Waals surface area contributed by atoms with Gasteiger partial charge in [-0.15, -0.1) is 0 Å². The van der Waals surface area contributed by atoms with Crippen molar-refractivity contribution in [3.63, 3.8) is 0 Å². The van der Waals surface area contributed by atoms with Crippen LogP contribution >= 0.6 is 46.0 Å². The molecule has 4 rings (SSSR count). The van der Waals surface area contributed by atoms with Gasteiger partial charge in [-0.1, -0.05) is 35.9 Å². The largest absolute Gasteiger partial charge is 0.488 e. The van der Waals surface area contributed by atoms with Crippen LogP contribution in [0.3, 0.4) is 0 Å². The normalized spacial score (nSPS) is 16.0. The number of carbonyl (C=O) groups excluding carboxylic acids is 1. The molecule has 1 aliphatic rings. The molecule has 0 aromatic heterocycles. The lowest BCUT2D eigenvalue weighted by molar-refractivity contribution is -0.115. The minimum Gasteiger partial charge on any atom is -0.488 e. The first kappa shape index (κ1) is 21.9. The number of nitrogens with one attached hydrogen (secondary N) is 1. The van der Waals surface area contributed by atoms with Gasteiger partial charge < -0.3 is 10.1 Å². The van der Waals surface area contributed by atoms with Crippen molar-refractivity contribution in [2.75, 3.05) is 0 Å². The molecule has 156 valence electrons. The number of hydrogen-bond acceptors (Lipinski definition) is 4. The molecule has 0 aliphatic carbocycles. The number of halogens is 3. The molecule has 8 heteroatoms. The van der Waals surface area contributed by atoms with Gasteiger partial charge >= 0.3 is 0 Å². The summed E-state index contributed by atoms with van der Waals surface area (Å²) in [6.45, 7) is 0.373. The molecular weight excluding hydrogens is 550 g/mol. The van der Waals surface area contributed by atoms with E-state index in [-0.39, 0.29) is 11.7 Å². The van der Waals surface area contributed by atoms with Crippen LogP contribution in [0.2, 0.25) is 5.02 Å². The molecule has 0 atom stereocenters. The Labute approximate surface area is 201 Å². The fourth-order valence-electron chi connectivity index (χ4n) is 2.76. The molecule has 3 aromatic carbocycles. The van der Waals surface area contributed by atoms with E-state index in [4.69, 9.17) is 16.3 Å². The summed E-state index contributed by atoms with van der Waals surface area (Å²) in [4.78, 5) is 17.2. The Bertz CT molecular complexity index is 1200. The van der Waals surface area contributed by atoms with Crippen molar-refractivity contribution in [1.29, 1.82) is 0 Å². The molecule has 1 amide bonds. The van der Waals surface area contributed by atoms with E-state index in [1.54, 1.807) is 18.2 Å². The highest BCUT2D eigenvalue weighted by atomic mass is 127. The molecule has 0 saturated carbocycles. The van der Waals surface area contributed by atoms with Gasteiger partial charge in [0.05, 0.1) is 14.2 Å². The topological polar surface area (TPSA) is 50.7 Å². The van der Waals surface area contributed by atoms with Crippen LogP contribution in [0.5, 0.6) is 5.75 Å². The van der Waals surface area contributed by atoms with Gasteiger partial charge in [0.15, 0.2) is 5.17 Å². The van der Waals surface area contributed by atoms with E-state index in [2.05, 4.69) is 32.9 Å². The van der Waals surface area contributed by atoms with Crippen molar-refractivity contribution in [3.8, 4) is 5.75 Å². The fourth-order valence-corrected chi connectivity index (χ4v) is 4.49. The Morgan fingerprint density at radius 2 is 1.90 bits per heavy atom. The van der Waals surface area contributed by atoms with E-state index >= 15 is 0 Å². The van der Waals surface area contributed by atoms with E-state index in [1.165, 1.54) is 23.9 Å². The molecule has 1 heterocycles. The predicted octanol–water partition coefficient (Wildman–Crippen LogP) is 6.55. The first-order valence-electron chi connectivity index (χ1n) is 9.19. The first-order valence-corrected chi connectivity index (χ1v) is 11.5. The molecule has 1 fully saturated rings. The Morgan fingerprint density at radius 3 is 2.65 bits per heavy atom. The molecule has 1 saturated heterocycles. The van der Waals surface area contributed by atoms with Gasteiger partial charge in [-0.25, -0.2) is 9.38 Å². The van der Waals surface area contributed by atoms with Crippen molar-refractivity contribution in [1.82, 2.24) is 5.32 Å². The number of thioether (sulfide) groups is 1. The second-order valence-corrected chi connectivity index (χ2v) is 9.13. The van der Waals surface area contributed by atoms with Gasteiger partial charge in [0.25, 0.3) is 5.91 Å². The number of nitrogens with zero attached hydrogens (tertiary/aromatic N) is 1. The number of benzene rings is 3. The molecule has 31 heavy (non-hydrogen) atoms. The highest BCUT2D eigenvalue weighted by Gasteiger charge is 2.23. The monoisotopic (exact) mass is 564 g/mol. The fraction of sp³-hybridized carbons (Fsp3) is 0.0435. The quantitative estimate of drug-likeness (QED) is 0.282. The minimum absolute atomic E-state index is 0.222. The van der Waals surface area contributed by atoms with E-state index < -0.39 is 0 Å². The van der Waals surface area contributed by atoms with Crippen molar-refractivity contribution >= 4 is 68.8 Å². The predicted molar refractivity (Wildman–Crippen MR) is 132 cm³/mol. The van der Waals surface area contributed by atoms with Crippen LogP contribution in [0.1, 0.15) is 11.1 Å². The Morgan fingerprint density at radius 1 is 1.13 bits per heavy atom. The summed E-state index contributed by atoms with van der Waals surface area (Å²) in [5.74, 6) is 0.186. The summed E-state index contributed by atoms with van der Waals surface area (Å²) < 4.78 is 19.8. The lowest BCUT2D eigenvalue weighted by Crippen LogP contribution is -2.19. The van der Waals surface area contributed by atoms with Crippen LogP contribution in [0.25, 0.3) is 6.08 Å². The van der Waals surface area contributed by atoms with Crippen molar-refractivity contribution in [2.45, 2.75) is 6.61 Å². The van der Waals surface area contributed by atoms with Gasteiger partial charge in [0, 0.05) is 10.6 Å². The summed E-state index contributed by atoms with van der Waals surface area (Å²) in [5, 5.41) is 3.85. The molecule has 4 nitrogen and oxygen atoms in total. The molecule has 1 N–H and O–H groups in total. The van der Waals surface area contributed by atoms with Crippen LogP contribution in [-0.4, -0.2) is 11.1 Å². The van der Waals surface area contributed by atoms with Crippen molar-refractivity contribution < 1.29 is 13.9 Å². The zero-order chi connectivity index (χ0) is 21.8. The van der Waals surface area contributed by atoms with Gasteiger partial charge in [-0.05, 0) is 88.5 Å². The smallest absolute Gasteiger partial charge is 0.264 e. The molecule has 0 unspecified atom stereocenters. The minimum atomic E-state index is -0.332. The van der Waals surface area contributed by atoms with Crippen LogP contribution < -0.4 is 10.1 Å². The third-order valence-corrected chi connectivity index (χ3v) is 6.42. The van der Waals surface area contributed by atoms with Crippen LogP contribution in [0.15, 0.2) is 76.6 Å². The Hall–Kier alpha value is -2.36. The molecular formula is C23H15ClFIN2O2S. The SMILES string of the molecule is O=C1NC(=Nc2ccc(F)cc2)S/C1=C/c1ccc(OCc2ccccc2Cl)c(I)c1. The average molecular weight is 565 g/mol. The number of amidine groups is 1.